The van der Waals surface area contributed by atoms with E-state index in [0.717, 1.165) is 48.3 Å². The van der Waals surface area contributed by atoms with Crippen LogP contribution in [0, 0.1) is 0 Å². The number of morpholine rings is 1. The Labute approximate surface area is 147 Å². The van der Waals surface area contributed by atoms with Crippen molar-refractivity contribution in [2.45, 2.75) is 24.9 Å². The molecule has 0 aliphatic carbocycles. The summed E-state index contributed by atoms with van der Waals surface area (Å²) in [5, 5.41) is 4.19. The highest BCUT2D eigenvalue weighted by Gasteiger charge is 2.32. The van der Waals surface area contributed by atoms with Crippen molar-refractivity contribution in [3.63, 3.8) is 0 Å². The maximum atomic E-state index is 5.98. The smallest absolute Gasteiger partial charge is 0.126 e. The summed E-state index contributed by atoms with van der Waals surface area (Å²) in [5.74, 6) is 0.998. The summed E-state index contributed by atoms with van der Waals surface area (Å²) in [4.78, 5) is 10.7. The minimum Gasteiger partial charge on any atom is -0.378 e. The molecule has 4 rings (SSSR count). The van der Waals surface area contributed by atoms with Gasteiger partial charge in [0.2, 0.25) is 0 Å². The lowest BCUT2D eigenvalue weighted by Crippen LogP contribution is -2.49. The van der Waals surface area contributed by atoms with Crippen LogP contribution in [0.4, 0.5) is 0 Å². The largest absolute Gasteiger partial charge is 0.378 e. The fourth-order valence-corrected chi connectivity index (χ4v) is 3.84. The number of H-pyrrole nitrogens is 1. The second kappa shape index (κ2) is 7.23. The van der Waals surface area contributed by atoms with Gasteiger partial charge in [0, 0.05) is 17.6 Å². The quantitative estimate of drug-likeness (QED) is 0.897. The van der Waals surface area contributed by atoms with Crippen molar-refractivity contribution in [1.82, 2.24) is 20.2 Å². The molecule has 2 aliphatic rings. The van der Waals surface area contributed by atoms with Crippen molar-refractivity contribution in [3.05, 3.63) is 41.3 Å². The molecule has 5 nitrogen and oxygen atoms in total. The Morgan fingerprint density at radius 2 is 1.96 bits per heavy atom. The Morgan fingerprint density at radius 1 is 1.17 bits per heavy atom. The highest BCUT2D eigenvalue weighted by molar-refractivity contribution is 6.30. The number of imidazole rings is 1. The third-order valence-electron chi connectivity index (χ3n) is 5.01. The molecule has 1 aromatic carbocycles. The Balaban J connectivity index is 1.56. The molecule has 0 saturated carbocycles. The summed E-state index contributed by atoms with van der Waals surface area (Å²) in [7, 11) is 0. The third kappa shape index (κ3) is 3.35. The number of rotatable bonds is 3. The molecule has 24 heavy (non-hydrogen) atoms. The average Bonchev–Trinajstić information content (AvgIpc) is 3.13. The van der Waals surface area contributed by atoms with E-state index in [0.29, 0.717) is 12.6 Å². The molecule has 0 bridgehead atoms. The highest BCUT2D eigenvalue weighted by atomic mass is 35.5. The van der Waals surface area contributed by atoms with Crippen molar-refractivity contribution in [3.8, 4) is 11.3 Å². The standard InChI is InChI=1S/C18H23ClN4O/c19-14-3-1-13(2-4-14)16-11-21-18(22-16)17-12-24-10-9-23(17)15-5-7-20-8-6-15/h1-4,11,15,17,20H,5-10,12H2,(H,21,22)/t17-/m0/s1. The number of aromatic nitrogens is 2. The number of hydrogen-bond donors (Lipinski definition) is 2. The van der Waals surface area contributed by atoms with Crippen LogP contribution in [-0.4, -0.2) is 53.8 Å². The maximum absolute atomic E-state index is 5.98. The maximum Gasteiger partial charge on any atom is 0.126 e. The van der Waals surface area contributed by atoms with E-state index in [1.807, 2.05) is 30.5 Å². The first-order chi connectivity index (χ1) is 11.8. The molecule has 2 fully saturated rings. The predicted octanol–water partition coefficient (Wildman–Crippen LogP) is 2.86. The topological polar surface area (TPSA) is 53.2 Å². The molecule has 128 valence electrons. The van der Waals surface area contributed by atoms with Gasteiger partial charge in [-0.15, -0.1) is 0 Å². The normalized spacial score (nSPS) is 23.5. The minimum absolute atomic E-state index is 0.211. The number of aromatic amines is 1. The molecule has 2 aromatic rings. The van der Waals surface area contributed by atoms with E-state index in [1.165, 1.54) is 12.8 Å². The zero-order valence-electron chi connectivity index (χ0n) is 13.7. The Hall–Kier alpha value is -1.40. The molecule has 1 aromatic heterocycles. The summed E-state index contributed by atoms with van der Waals surface area (Å²) >= 11 is 5.98. The summed E-state index contributed by atoms with van der Waals surface area (Å²) in [6.07, 6.45) is 4.30. The van der Waals surface area contributed by atoms with Crippen LogP contribution in [-0.2, 0) is 4.74 Å². The molecule has 0 radical (unpaired) electrons. The van der Waals surface area contributed by atoms with E-state index in [4.69, 9.17) is 16.3 Å². The van der Waals surface area contributed by atoms with E-state index in [-0.39, 0.29) is 6.04 Å². The van der Waals surface area contributed by atoms with Crippen LogP contribution in [0.15, 0.2) is 30.5 Å². The van der Waals surface area contributed by atoms with Crippen LogP contribution in [0.25, 0.3) is 11.3 Å². The van der Waals surface area contributed by atoms with Gasteiger partial charge in [-0.05, 0) is 43.6 Å². The number of piperidine rings is 1. The first-order valence-corrected chi connectivity index (χ1v) is 9.04. The molecular weight excluding hydrogens is 324 g/mol. The SMILES string of the molecule is Clc1ccc(-c2cnc([C@@H]3COCCN3C3CCNCC3)[nH]2)cc1. The molecule has 2 saturated heterocycles. The first-order valence-electron chi connectivity index (χ1n) is 8.66. The van der Waals surface area contributed by atoms with Crippen LogP contribution >= 0.6 is 11.6 Å². The van der Waals surface area contributed by atoms with Gasteiger partial charge in [-0.1, -0.05) is 23.7 Å². The molecule has 2 aliphatic heterocycles. The summed E-state index contributed by atoms with van der Waals surface area (Å²) in [5.41, 5.74) is 2.13. The summed E-state index contributed by atoms with van der Waals surface area (Å²) in [6.45, 7) is 4.70. The lowest BCUT2D eigenvalue weighted by atomic mass is 10.0. The van der Waals surface area contributed by atoms with Crippen LogP contribution in [0.3, 0.4) is 0 Å². The van der Waals surface area contributed by atoms with Crippen molar-refractivity contribution in [1.29, 1.82) is 0 Å². The lowest BCUT2D eigenvalue weighted by molar-refractivity contribution is -0.0387. The molecule has 6 heteroatoms. The third-order valence-corrected chi connectivity index (χ3v) is 5.27. The zero-order chi connectivity index (χ0) is 16.4. The second-order valence-electron chi connectivity index (χ2n) is 6.50. The van der Waals surface area contributed by atoms with Crippen molar-refractivity contribution in [2.24, 2.45) is 0 Å². The molecule has 2 N–H and O–H groups in total. The van der Waals surface area contributed by atoms with Crippen molar-refractivity contribution in [2.75, 3.05) is 32.8 Å². The van der Waals surface area contributed by atoms with Gasteiger partial charge in [-0.3, -0.25) is 4.90 Å². The van der Waals surface area contributed by atoms with Gasteiger partial charge in [0.1, 0.15) is 5.82 Å². The number of hydrogen-bond acceptors (Lipinski definition) is 4. The zero-order valence-corrected chi connectivity index (χ0v) is 14.4. The van der Waals surface area contributed by atoms with Gasteiger partial charge < -0.3 is 15.0 Å². The lowest BCUT2D eigenvalue weighted by Gasteiger charge is -2.41. The Bertz CT molecular complexity index is 666. The molecule has 1 atom stereocenters. The van der Waals surface area contributed by atoms with Gasteiger partial charge in [0.25, 0.3) is 0 Å². The van der Waals surface area contributed by atoms with Gasteiger partial charge in [-0.2, -0.15) is 0 Å². The predicted molar refractivity (Wildman–Crippen MR) is 95.2 cm³/mol. The highest BCUT2D eigenvalue weighted by Crippen LogP contribution is 2.29. The Kier molecular flexibility index (Phi) is 4.85. The van der Waals surface area contributed by atoms with Crippen molar-refractivity contribution < 1.29 is 4.74 Å². The van der Waals surface area contributed by atoms with Crippen LogP contribution in [0.2, 0.25) is 5.02 Å². The molecule has 3 heterocycles. The first kappa shape index (κ1) is 16.1. The fourth-order valence-electron chi connectivity index (χ4n) is 3.71. The molecular formula is C18H23ClN4O. The molecule has 0 amide bonds. The van der Waals surface area contributed by atoms with E-state index in [1.54, 1.807) is 0 Å². The van der Waals surface area contributed by atoms with Gasteiger partial charge in [0.15, 0.2) is 0 Å². The average molecular weight is 347 g/mol. The fraction of sp³-hybridized carbons (Fsp3) is 0.500. The van der Waals surface area contributed by atoms with Crippen LogP contribution in [0.5, 0.6) is 0 Å². The summed E-state index contributed by atoms with van der Waals surface area (Å²) < 4.78 is 5.75. The number of ether oxygens (including phenoxy) is 1. The van der Waals surface area contributed by atoms with Crippen LogP contribution in [0.1, 0.15) is 24.7 Å². The second-order valence-corrected chi connectivity index (χ2v) is 6.94. The number of benzene rings is 1. The summed E-state index contributed by atoms with van der Waals surface area (Å²) in [6, 6.07) is 8.67. The number of nitrogens with zero attached hydrogens (tertiary/aromatic N) is 2. The van der Waals surface area contributed by atoms with E-state index >= 15 is 0 Å². The van der Waals surface area contributed by atoms with Gasteiger partial charge in [0.05, 0.1) is 31.1 Å². The van der Waals surface area contributed by atoms with Gasteiger partial charge in [-0.25, -0.2) is 4.98 Å². The number of halogens is 1. The Morgan fingerprint density at radius 3 is 2.75 bits per heavy atom. The minimum atomic E-state index is 0.211. The molecule has 0 unspecified atom stereocenters. The van der Waals surface area contributed by atoms with E-state index in [9.17, 15) is 0 Å². The van der Waals surface area contributed by atoms with Gasteiger partial charge >= 0.3 is 0 Å². The van der Waals surface area contributed by atoms with E-state index < -0.39 is 0 Å². The van der Waals surface area contributed by atoms with Crippen molar-refractivity contribution >= 4 is 11.6 Å². The monoisotopic (exact) mass is 346 g/mol. The van der Waals surface area contributed by atoms with E-state index in [2.05, 4.69) is 20.2 Å². The number of nitrogens with one attached hydrogen (secondary N) is 2. The molecule has 0 spiro atoms. The van der Waals surface area contributed by atoms with Crippen LogP contribution < -0.4 is 5.32 Å².